The number of carbonyl (C=O) groups excluding carboxylic acids is 1. The van der Waals surface area contributed by atoms with Crippen molar-refractivity contribution in [3.8, 4) is 0 Å². The molecular weight excluding hydrogens is 297 g/mol. The summed E-state index contributed by atoms with van der Waals surface area (Å²) in [6.07, 6.45) is 1.25. The van der Waals surface area contributed by atoms with Crippen LogP contribution in [0.1, 0.15) is 51.0 Å². The SMILES string of the molecule is Cc1nn(C2CCN(C(=O)OC(C)(C)C)CC2)c(C)c1B(O)O. The van der Waals surface area contributed by atoms with E-state index in [4.69, 9.17) is 4.74 Å². The largest absolute Gasteiger partial charge is 0.492 e. The molecule has 8 heteroatoms. The smallest absolute Gasteiger partial charge is 0.444 e. The number of aromatic nitrogens is 2. The summed E-state index contributed by atoms with van der Waals surface area (Å²) in [6.45, 7) is 10.4. The highest BCUT2D eigenvalue weighted by Crippen LogP contribution is 2.24. The maximum absolute atomic E-state index is 12.1. The Kier molecular flexibility index (Phi) is 5.06. The zero-order chi connectivity index (χ0) is 17.4. The fourth-order valence-corrected chi connectivity index (χ4v) is 3.02. The Morgan fingerprint density at radius 1 is 1.26 bits per heavy atom. The van der Waals surface area contributed by atoms with Gasteiger partial charge in [-0.25, -0.2) is 4.79 Å². The predicted molar refractivity (Wildman–Crippen MR) is 87.6 cm³/mol. The van der Waals surface area contributed by atoms with Crippen LogP contribution < -0.4 is 5.46 Å². The van der Waals surface area contributed by atoms with Crippen LogP contribution in [0.15, 0.2) is 0 Å². The van der Waals surface area contributed by atoms with Gasteiger partial charge in [-0.3, -0.25) is 4.68 Å². The number of piperidine rings is 1. The van der Waals surface area contributed by atoms with Crippen LogP contribution in [-0.4, -0.2) is 56.6 Å². The number of amides is 1. The summed E-state index contributed by atoms with van der Waals surface area (Å²) in [7, 11) is -1.51. The molecule has 0 unspecified atom stereocenters. The zero-order valence-corrected chi connectivity index (χ0v) is 14.5. The van der Waals surface area contributed by atoms with E-state index in [1.807, 2.05) is 32.4 Å². The van der Waals surface area contributed by atoms with Gasteiger partial charge in [-0.05, 0) is 47.5 Å². The number of nitrogens with zero attached hydrogens (tertiary/aromatic N) is 3. The molecule has 0 saturated carbocycles. The summed E-state index contributed by atoms with van der Waals surface area (Å²) in [6, 6.07) is 0.153. The molecule has 1 saturated heterocycles. The van der Waals surface area contributed by atoms with Gasteiger partial charge in [0.1, 0.15) is 5.60 Å². The Hall–Kier alpha value is -1.54. The van der Waals surface area contributed by atoms with Gasteiger partial charge in [-0.2, -0.15) is 5.10 Å². The van der Waals surface area contributed by atoms with Crippen molar-refractivity contribution >= 4 is 18.7 Å². The third kappa shape index (κ3) is 4.06. The molecular formula is C15H26BN3O4. The second kappa shape index (κ2) is 6.53. The van der Waals surface area contributed by atoms with Crippen molar-refractivity contribution in [2.24, 2.45) is 0 Å². The van der Waals surface area contributed by atoms with Crippen LogP contribution in [0.5, 0.6) is 0 Å². The van der Waals surface area contributed by atoms with E-state index in [1.165, 1.54) is 0 Å². The lowest BCUT2D eigenvalue weighted by Crippen LogP contribution is -2.42. The normalized spacial score (nSPS) is 16.6. The second-order valence-electron chi connectivity index (χ2n) is 7.10. The molecule has 1 aliphatic rings. The Balaban J connectivity index is 2.03. The van der Waals surface area contributed by atoms with Gasteiger partial charge in [0.2, 0.25) is 0 Å². The quantitative estimate of drug-likeness (QED) is 0.784. The molecule has 128 valence electrons. The van der Waals surface area contributed by atoms with Crippen molar-refractivity contribution in [2.45, 2.75) is 59.1 Å². The molecule has 1 aromatic rings. The molecule has 0 atom stereocenters. The first kappa shape index (κ1) is 17.8. The van der Waals surface area contributed by atoms with Crippen molar-refractivity contribution in [1.29, 1.82) is 0 Å². The molecule has 23 heavy (non-hydrogen) atoms. The fraction of sp³-hybridized carbons (Fsp3) is 0.733. The summed E-state index contributed by atoms with van der Waals surface area (Å²) < 4.78 is 7.25. The lowest BCUT2D eigenvalue weighted by Gasteiger charge is -2.34. The average Bonchev–Trinajstić information content (AvgIpc) is 2.72. The Bertz CT molecular complexity index is 572. The van der Waals surface area contributed by atoms with Crippen LogP contribution in [0.3, 0.4) is 0 Å². The van der Waals surface area contributed by atoms with Crippen molar-refractivity contribution < 1.29 is 19.6 Å². The van der Waals surface area contributed by atoms with Crippen molar-refractivity contribution in [2.75, 3.05) is 13.1 Å². The summed E-state index contributed by atoms with van der Waals surface area (Å²) in [5, 5.41) is 23.4. The molecule has 2 N–H and O–H groups in total. The van der Waals surface area contributed by atoms with E-state index in [0.717, 1.165) is 18.5 Å². The molecule has 0 aromatic carbocycles. The zero-order valence-electron chi connectivity index (χ0n) is 14.5. The van der Waals surface area contributed by atoms with Crippen molar-refractivity contribution in [1.82, 2.24) is 14.7 Å². The highest BCUT2D eigenvalue weighted by atomic mass is 16.6. The van der Waals surface area contributed by atoms with Gasteiger partial charge in [-0.1, -0.05) is 0 Å². The minimum atomic E-state index is -1.51. The number of likely N-dealkylation sites (tertiary alicyclic amines) is 1. The molecule has 0 spiro atoms. The lowest BCUT2D eigenvalue weighted by molar-refractivity contribution is 0.0184. The summed E-state index contributed by atoms with van der Waals surface area (Å²) in [5.74, 6) is 0. The van der Waals surface area contributed by atoms with E-state index in [0.29, 0.717) is 24.2 Å². The molecule has 2 heterocycles. The number of hydrogen-bond donors (Lipinski definition) is 2. The van der Waals surface area contributed by atoms with Gasteiger partial charge in [0.15, 0.2) is 0 Å². The van der Waals surface area contributed by atoms with Crippen LogP contribution in [0, 0.1) is 13.8 Å². The van der Waals surface area contributed by atoms with Crippen molar-refractivity contribution in [3.05, 3.63) is 11.4 Å². The third-order valence-electron chi connectivity index (χ3n) is 4.10. The van der Waals surface area contributed by atoms with Crippen LogP contribution in [0.25, 0.3) is 0 Å². The van der Waals surface area contributed by atoms with Gasteiger partial charge in [0, 0.05) is 24.2 Å². The number of hydrogen-bond acceptors (Lipinski definition) is 5. The molecule has 1 fully saturated rings. The first-order valence-corrected chi connectivity index (χ1v) is 8.00. The lowest BCUT2D eigenvalue weighted by atomic mass is 9.78. The van der Waals surface area contributed by atoms with E-state index < -0.39 is 12.7 Å². The second-order valence-corrected chi connectivity index (χ2v) is 7.10. The van der Waals surface area contributed by atoms with E-state index >= 15 is 0 Å². The molecule has 1 amide bonds. The number of aryl methyl sites for hydroxylation is 1. The van der Waals surface area contributed by atoms with Gasteiger partial charge in [0.05, 0.1) is 11.7 Å². The number of carbonyl (C=O) groups is 1. The molecule has 0 bridgehead atoms. The Morgan fingerprint density at radius 2 is 1.83 bits per heavy atom. The van der Waals surface area contributed by atoms with Gasteiger partial charge >= 0.3 is 13.2 Å². The maximum Gasteiger partial charge on any atom is 0.492 e. The maximum atomic E-state index is 12.1. The minimum absolute atomic E-state index is 0.153. The van der Waals surface area contributed by atoms with E-state index in [9.17, 15) is 14.8 Å². The average molecular weight is 323 g/mol. The Morgan fingerprint density at radius 3 is 2.26 bits per heavy atom. The van der Waals surface area contributed by atoms with Gasteiger partial charge < -0.3 is 19.7 Å². The van der Waals surface area contributed by atoms with E-state index in [-0.39, 0.29) is 12.1 Å². The highest BCUT2D eigenvalue weighted by Gasteiger charge is 2.30. The first-order valence-electron chi connectivity index (χ1n) is 8.00. The number of rotatable bonds is 2. The Labute approximate surface area is 137 Å². The summed E-state index contributed by atoms with van der Waals surface area (Å²) in [4.78, 5) is 13.8. The molecule has 2 rings (SSSR count). The fourth-order valence-electron chi connectivity index (χ4n) is 3.02. The summed E-state index contributed by atoms with van der Waals surface area (Å²) >= 11 is 0. The minimum Gasteiger partial charge on any atom is -0.444 e. The standard InChI is InChI=1S/C15H26BN3O4/c1-10-13(16(21)22)11(2)19(17-10)12-6-8-18(9-7-12)14(20)23-15(3,4)5/h12,21-22H,6-9H2,1-5H3. The predicted octanol–water partition coefficient (Wildman–Crippen LogP) is 0.752. The third-order valence-corrected chi connectivity index (χ3v) is 4.10. The monoisotopic (exact) mass is 323 g/mol. The van der Waals surface area contributed by atoms with E-state index in [2.05, 4.69) is 5.10 Å². The topological polar surface area (TPSA) is 87.8 Å². The van der Waals surface area contributed by atoms with Gasteiger partial charge in [-0.15, -0.1) is 0 Å². The van der Waals surface area contributed by atoms with Crippen molar-refractivity contribution in [3.63, 3.8) is 0 Å². The molecule has 7 nitrogen and oxygen atoms in total. The molecule has 1 aromatic heterocycles. The van der Waals surface area contributed by atoms with E-state index in [1.54, 1.807) is 11.8 Å². The molecule has 0 radical (unpaired) electrons. The number of ether oxygens (including phenoxy) is 1. The molecule has 0 aliphatic carbocycles. The first-order chi connectivity index (χ1) is 10.6. The highest BCUT2D eigenvalue weighted by molar-refractivity contribution is 6.59. The van der Waals surface area contributed by atoms with Gasteiger partial charge in [0.25, 0.3) is 0 Å². The van der Waals surface area contributed by atoms with Crippen LogP contribution >= 0.6 is 0 Å². The molecule has 1 aliphatic heterocycles. The van der Waals surface area contributed by atoms with Crippen LogP contribution in [0.2, 0.25) is 0 Å². The van der Waals surface area contributed by atoms with Crippen LogP contribution in [0.4, 0.5) is 4.79 Å². The van der Waals surface area contributed by atoms with Crippen LogP contribution in [-0.2, 0) is 4.74 Å². The summed E-state index contributed by atoms with van der Waals surface area (Å²) in [5.41, 5.74) is 1.38.